The standard InChI is InChI=1S/C13H21N3O/c1-9-7-16(8-10(2)17-9)13-12(11(3)14)5-4-6-15-13/h4-6,9-11H,7-8,14H2,1-3H3. The SMILES string of the molecule is CC1CN(c2ncccc2C(C)N)CC(C)O1. The maximum atomic E-state index is 5.99. The number of aromatic nitrogens is 1. The second-order valence-corrected chi connectivity index (χ2v) is 4.87. The molecule has 0 radical (unpaired) electrons. The van der Waals surface area contributed by atoms with Crippen molar-refractivity contribution in [2.75, 3.05) is 18.0 Å². The van der Waals surface area contributed by atoms with E-state index in [1.807, 2.05) is 19.2 Å². The van der Waals surface area contributed by atoms with Crippen LogP contribution in [0.1, 0.15) is 32.4 Å². The molecule has 1 fully saturated rings. The smallest absolute Gasteiger partial charge is 0.133 e. The Morgan fingerprint density at radius 1 is 1.41 bits per heavy atom. The first-order chi connectivity index (χ1) is 8.08. The lowest BCUT2D eigenvalue weighted by Crippen LogP contribution is -2.46. The number of hydrogen-bond donors (Lipinski definition) is 1. The van der Waals surface area contributed by atoms with E-state index in [9.17, 15) is 0 Å². The van der Waals surface area contributed by atoms with E-state index >= 15 is 0 Å². The topological polar surface area (TPSA) is 51.4 Å². The Kier molecular flexibility index (Phi) is 3.64. The lowest BCUT2D eigenvalue weighted by Gasteiger charge is -2.37. The van der Waals surface area contributed by atoms with Crippen molar-refractivity contribution in [1.82, 2.24) is 4.98 Å². The van der Waals surface area contributed by atoms with Gasteiger partial charge in [0.1, 0.15) is 5.82 Å². The third-order valence-corrected chi connectivity index (χ3v) is 3.03. The summed E-state index contributed by atoms with van der Waals surface area (Å²) in [4.78, 5) is 6.76. The number of anilines is 1. The van der Waals surface area contributed by atoms with Gasteiger partial charge < -0.3 is 15.4 Å². The van der Waals surface area contributed by atoms with E-state index in [1.54, 1.807) is 0 Å². The van der Waals surface area contributed by atoms with Gasteiger partial charge in [0.2, 0.25) is 0 Å². The van der Waals surface area contributed by atoms with Crippen LogP contribution >= 0.6 is 0 Å². The highest BCUT2D eigenvalue weighted by Crippen LogP contribution is 2.25. The molecular formula is C13H21N3O. The molecule has 2 rings (SSSR count). The van der Waals surface area contributed by atoms with Gasteiger partial charge in [0, 0.05) is 30.9 Å². The van der Waals surface area contributed by atoms with Gasteiger partial charge in [0.15, 0.2) is 0 Å². The van der Waals surface area contributed by atoms with Crippen LogP contribution in [0.15, 0.2) is 18.3 Å². The van der Waals surface area contributed by atoms with Crippen molar-refractivity contribution < 1.29 is 4.74 Å². The van der Waals surface area contributed by atoms with Crippen LogP contribution in [0.4, 0.5) is 5.82 Å². The number of morpholine rings is 1. The van der Waals surface area contributed by atoms with Gasteiger partial charge in [-0.1, -0.05) is 6.07 Å². The molecule has 1 aromatic heterocycles. The summed E-state index contributed by atoms with van der Waals surface area (Å²) >= 11 is 0. The van der Waals surface area contributed by atoms with Gasteiger partial charge in [0.05, 0.1) is 12.2 Å². The van der Waals surface area contributed by atoms with Crippen molar-refractivity contribution in [2.45, 2.75) is 39.0 Å². The Bertz CT molecular complexity index is 371. The van der Waals surface area contributed by atoms with E-state index in [1.165, 1.54) is 0 Å². The number of nitrogens with two attached hydrogens (primary N) is 1. The molecule has 17 heavy (non-hydrogen) atoms. The number of pyridine rings is 1. The zero-order valence-corrected chi connectivity index (χ0v) is 10.8. The maximum Gasteiger partial charge on any atom is 0.133 e. The van der Waals surface area contributed by atoms with Crippen molar-refractivity contribution in [3.8, 4) is 0 Å². The summed E-state index contributed by atoms with van der Waals surface area (Å²) in [6.07, 6.45) is 2.30. The van der Waals surface area contributed by atoms with Gasteiger partial charge >= 0.3 is 0 Å². The number of nitrogens with zero attached hydrogens (tertiary/aromatic N) is 2. The molecule has 0 amide bonds. The Labute approximate surface area is 103 Å². The fraction of sp³-hybridized carbons (Fsp3) is 0.615. The van der Waals surface area contributed by atoms with Crippen LogP contribution < -0.4 is 10.6 Å². The summed E-state index contributed by atoms with van der Waals surface area (Å²) in [5.41, 5.74) is 7.10. The highest BCUT2D eigenvalue weighted by atomic mass is 16.5. The molecule has 0 spiro atoms. The first kappa shape index (κ1) is 12.3. The average molecular weight is 235 g/mol. The molecule has 1 saturated heterocycles. The summed E-state index contributed by atoms with van der Waals surface area (Å²) in [5.74, 6) is 1.00. The summed E-state index contributed by atoms with van der Waals surface area (Å²) in [5, 5.41) is 0. The number of hydrogen-bond acceptors (Lipinski definition) is 4. The molecule has 4 heteroatoms. The van der Waals surface area contributed by atoms with Gasteiger partial charge in [-0.05, 0) is 26.8 Å². The minimum absolute atomic E-state index is 0.00663. The summed E-state index contributed by atoms with van der Waals surface area (Å²) in [7, 11) is 0. The van der Waals surface area contributed by atoms with Gasteiger partial charge in [-0.25, -0.2) is 4.98 Å². The van der Waals surface area contributed by atoms with E-state index in [-0.39, 0.29) is 18.2 Å². The quantitative estimate of drug-likeness (QED) is 0.848. The van der Waals surface area contributed by atoms with Crippen LogP contribution in [-0.2, 0) is 4.74 Å². The molecule has 3 atom stereocenters. The Hall–Kier alpha value is -1.13. The lowest BCUT2D eigenvalue weighted by atomic mass is 10.1. The monoisotopic (exact) mass is 235 g/mol. The Morgan fingerprint density at radius 3 is 2.65 bits per heavy atom. The van der Waals surface area contributed by atoms with Gasteiger partial charge in [-0.3, -0.25) is 0 Å². The van der Waals surface area contributed by atoms with Crippen LogP contribution in [0.5, 0.6) is 0 Å². The normalized spacial score (nSPS) is 26.9. The summed E-state index contributed by atoms with van der Waals surface area (Å²) in [6, 6.07) is 4.00. The van der Waals surface area contributed by atoms with E-state index in [0.29, 0.717) is 0 Å². The molecule has 1 aromatic rings. The van der Waals surface area contributed by atoms with Gasteiger partial charge in [-0.15, -0.1) is 0 Å². The second-order valence-electron chi connectivity index (χ2n) is 4.87. The third kappa shape index (κ3) is 2.76. The minimum atomic E-state index is 0.00663. The van der Waals surface area contributed by atoms with Crippen LogP contribution in [0.25, 0.3) is 0 Å². The Morgan fingerprint density at radius 2 is 2.06 bits per heavy atom. The second kappa shape index (κ2) is 5.02. The molecule has 1 aliphatic heterocycles. The van der Waals surface area contributed by atoms with E-state index in [2.05, 4.69) is 29.8 Å². The molecule has 0 bridgehead atoms. The van der Waals surface area contributed by atoms with Crippen molar-refractivity contribution in [3.63, 3.8) is 0 Å². The molecule has 2 N–H and O–H groups in total. The molecule has 1 aliphatic rings. The summed E-state index contributed by atoms with van der Waals surface area (Å²) in [6.45, 7) is 7.93. The van der Waals surface area contributed by atoms with Crippen LogP contribution in [0.3, 0.4) is 0 Å². The van der Waals surface area contributed by atoms with Crippen molar-refractivity contribution in [3.05, 3.63) is 23.9 Å². The maximum absolute atomic E-state index is 5.99. The molecule has 3 unspecified atom stereocenters. The third-order valence-electron chi connectivity index (χ3n) is 3.03. The predicted molar refractivity (Wildman–Crippen MR) is 69.1 cm³/mol. The molecule has 0 aromatic carbocycles. The highest BCUT2D eigenvalue weighted by Gasteiger charge is 2.25. The van der Waals surface area contributed by atoms with Gasteiger partial charge in [0.25, 0.3) is 0 Å². The molecule has 0 aliphatic carbocycles. The minimum Gasteiger partial charge on any atom is -0.372 e. The number of ether oxygens (including phenoxy) is 1. The molecule has 0 saturated carbocycles. The average Bonchev–Trinajstić information content (AvgIpc) is 2.27. The summed E-state index contributed by atoms with van der Waals surface area (Å²) < 4.78 is 5.74. The zero-order chi connectivity index (χ0) is 12.4. The van der Waals surface area contributed by atoms with E-state index < -0.39 is 0 Å². The van der Waals surface area contributed by atoms with E-state index in [0.717, 1.165) is 24.5 Å². The highest BCUT2D eigenvalue weighted by molar-refractivity contribution is 5.48. The fourth-order valence-corrected chi connectivity index (χ4v) is 2.38. The van der Waals surface area contributed by atoms with Crippen LogP contribution in [-0.4, -0.2) is 30.3 Å². The fourth-order valence-electron chi connectivity index (χ4n) is 2.38. The molecule has 4 nitrogen and oxygen atoms in total. The van der Waals surface area contributed by atoms with Crippen molar-refractivity contribution in [2.24, 2.45) is 5.73 Å². The largest absolute Gasteiger partial charge is 0.372 e. The predicted octanol–water partition coefficient (Wildman–Crippen LogP) is 1.71. The van der Waals surface area contributed by atoms with Gasteiger partial charge in [-0.2, -0.15) is 0 Å². The van der Waals surface area contributed by atoms with E-state index in [4.69, 9.17) is 10.5 Å². The zero-order valence-electron chi connectivity index (χ0n) is 10.8. The first-order valence-electron chi connectivity index (χ1n) is 6.19. The molecule has 2 heterocycles. The number of rotatable bonds is 2. The first-order valence-corrected chi connectivity index (χ1v) is 6.19. The molecule has 94 valence electrons. The van der Waals surface area contributed by atoms with Crippen molar-refractivity contribution >= 4 is 5.82 Å². The molecular weight excluding hydrogens is 214 g/mol. The van der Waals surface area contributed by atoms with Crippen LogP contribution in [0.2, 0.25) is 0 Å². The lowest BCUT2D eigenvalue weighted by molar-refractivity contribution is -0.00552. The van der Waals surface area contributed by atoms with Crippen molar-refractivity contribution in [1.29, 1.82) is 0 Å². The Balaban J connectivity index is 2.27. The van der Waals surface area contributed by atoms with Crippen LogP contribution in [0, 0.1) is 0 Å².